The molecule has 1 heterocycles. The number of benzene rings is 1. The quantitative estimate of drug-likeness (QED) is 0.742. The smallest absolute Gasteiger partial charge is 0.161 e. The molecule has 4 atom stereocenters. The SMILES string of the molecule is C1=C[C@H]2C[C@@H]1[C@H](c1ccccc1)[C@H]2C1OCCO1. The summed E-state index contributed by atoms with van der Waals surface area (Å²) < 4.78 is 11.6. The third-order valence-electron chi connectivity index (χ3n) is 4.67. The van der Waals surface area contributed by atoms with Gasteiger partial charge in [0.2, 0.25) is 0 Å². The normalized spacial score (nSPS) is 38.7. The monoisotopic (exact) mass is 242 g/mol. The molecule has 1 saturated heterocycles. The number of fused-ring (bicyclic) bond motifs is 2. The maximum absolute atomic E-state index is 5.79. The Balaban J connectivity index is 1.69. The second-order valence-electron chi connectivity index (χ2n) is 5.57. The fraction of sp³-hybridized carbons (Fsp3) is 0.500. The Hall–Kier alpha value is -1.12. The third-order valence-corrected chi connectivity index (χ3v) is 4.67. The van der Waals surface area contributed by atoms with Crippen molar-refractivity contribution in [2.45, 2.75) is 18.6 Å². The van der Waals surface area contributed by atoms with Crippen LogP contribution in [0.25, 0.3) is 0 Å². The van der Waals surface area contributed by atoms with Crippen molar-refractivity contribution in [1.29, 1.82) is 0 Å². The molecule has 1 aliphatic heterocycles. The zero-order valence-electron chi connectivity index (χ0n) is 10.4. The molecule has 94 valence electrons. The van der Waals surface area contributed by atoms with Crippen LogP contribution >= 0.6 is 0 Å². The first-order chi connectivity index (χ1) is 8.93. The van der Waals surface area contributed by atoms with Gasteiger partial charge in [0, 0.05) is 5.92 Å². The van der Waals surface area contributed by atoms with Crippen LogP contribution in [0.5, 0.6) is 0 Å². The Bertz CT molecular complexity index is 447. The van der Waals surface area contributed by atoms with E-state index in [-0.39, 0.29) is 6.29 Å². The lowest BCUT2D eigenvalue weighted by molar-refractivity contribution is -0.0951. The van der Waals surface area contributed by atoms with Gasteiger partial charge < -0.3 is 9.47 Å². The average molecular weight is 242 g/mol. The van der Waals surface area contributed by atoms with E-state index in [1.165, 1.54) is 12.0 Å². The summed E-state index contributed by atoms with van der Waals surface area (Å²) in [5, 5.41) is 0. The largest absolute Gasteiger partial charge is 0.350 e. The van der Waals surface area contributed by atoms with Crippen molar-refractivity contribution < 1.29 is 9.47 Å². The minimum Gasteiger partial charge on any atom is -0.350 e. The van der Waals surface area contributed by atoms with Crippen LogP contribution in [-0.2, 0) is 9.47 Å². The molecule has 0 N–H and O–H groups in total. The topological polar surface area (TPSA) is 18.5 Å². The summed E-state index contributed by atoms with van der Waals surface area (Å²) in [5.74, 6) is 2.40. The van der Waals surface area contributed by atoms with Crippen LogP contribution in [0.3, 0.4) is 0 Å². The van der Waals surface area contributed by atoms with Gasteiger partial charge in [0.15, 0.2) is 6.29 Å². The predicted molar refractivity (Wildman–Crippen MR) is 69.1 cm³/mol. The van der Waals surface area contributed by atoms with E-state index in [4.69, 9.17) is 9.47 Å². The van der Waals surface area contributed by atoms with E-state index in [1.54, 1.807) is 0 Å². The molecule has 2 nitrogen and oxygen atoms in total. The van der Waals surface area contributed by atoms with Crippen molar-refractivity contribution in [1.82, 2.24) is 0 Å². The van der Waals surface area contributed by atoms with Crippen molar-refractivity contribution in [2.24, 2.45) is 17.8 Å². The van der Waals surface area contributed by atoms with E-state index >= 15 is 0 Å². The highest BCUT2D eigenvalue weighted by Crippen LogP contribution is 2.55. The summed E-state index contributed by atoms with van der Waals surface area (Å²) in [4.78, 5) is 0. The van der Waals surface area contributed by atoms with Gasteiger partial charge in [-0.2, -0.15) is 0 Å². The van der Waals surface area contributed by atoms with Crippen LogP contribution in [0.4, 0.5) is 0 Å². The molecule has 1 aromatic carbocycles. The minimum atomic E-state index is 0.00940. The van der Waals surface area contributed by atoms with Crippen LogP contribution in [0.1, 0.15) is 17.9 Å². The van der Waals surface area contributed by atoms with Crippen molar-refractivity contribution in [3.63, 3.8) is 0 Å². The maximum Gasteiger partial charge on any atom is 0.161 e. The van der Waals surface area contributed by atoms with E-state index in [2.05, 4.69) is 42.5 Å². The molecule has 2 bridgehead atoms. The summed E-state index contributed by atoms with van der Waals surface area (Å²) >= 11 is 0. The highest BCUT2D eigenvalue weighted by Gasteiger charge is 2.50. The Labute approximate surface area is 108 Å². The second-order valence-corrected chi connectivity index (χ2v) is 5.57. The summed E-state index contributed by atoms with van der Waals surface area (Å²) in [6, 6.07) is 10.9. The second kappa shape index (κ2) is 4.22. The maximum atomic E-state index is 5.79. The molecule has 18 heavy (non-hydrogen) atoms. The number of allylic oxidation sites excluding steroid dienone is 2. The van der Waals surface area contributed by atoms with Crippen LogP contribution in [0, 0.1) is 17.8 Å². The standard InChI is InChI=1S/C16H18O2/c1-2-4-11(5-3-1)14-12-6-7-13(10-12)15(14)16-17-8-9-18-16/h1-7,12-16H,8-10H2/t12-,13+,14+,15+/m1/s1. The lowest BCUT2D eigenvalue weighted by Gasteiger charge is -2.31. The highest BCUT2D eigenvalue weighted by molar-refractivity contribution is 5.29. The first-order valence-corrected chi connectivity index (χ1v) is 6.90. The van der Waals surface area contributed by atoms with Crippen molar-refractivity contribution in [3.8, 4) is 0 Å². The lowest BCUT2D eigenvalue weighted by Crippen LogP contribution is -2.30. The molecular weight excluding hydrogens is 224 g/mol. The van der Waals surface area contributed by atoms with Gasteiger partial charge in [0.25, 0.3) is 0 Å². The molecular formula is C16H18O2. The molecule has 3 aliphatic rings. The van der Waals surface area contributed by atoms with E-state index in [0.717, 1.165) is 13.2 Å². The fourth-order valence-electron chi connectivity index (χ4n) is 3.98. The van der Waals surface area contributed by atoms with Gasteiger partial charge in [-0.3, -0.25) is 0 Å². The molecule has 0 unspecified atom stereocenters. The summed E-state index contributed by atoms with van der Waals surface area (Å²) in [5.41, 5.74) is 1.44. The molecule has 2 aliphatic carbocycles. The number of rotatable bonds is 2. The van der Waals surface area contributed by atoms with Crippen molar-refractivity contribution in [2.75, 3.05) is 13.2 Å². The summed E-state index contributed by atoms with van der Waals surface area (Å²) in [6.45, 7) is 1.51. The van der Waals surface area contributed by atoms with E-state index in [9.17, 15) is 0 Å². The highest BCUT2D eigenvalue weighted by atomic mass is 16.7. The van der Waals surface area contributed by atoms with Crippen molar-refractivity contribution in [3.05, 3.63) is 48.0 Å². The first kappa shape index (κ1) is 10.8. The van der Waals surface area contributed by atoms with E-state index in [0.29, 0.717) is 23.7 Å². The molecule has 0 amide bonds. The molecule has 2 fully saturated rings. The minimum absolute atomic E-state index is 0.00940. The van der Waals surface area contributed by atoms with Gasteiger partial charge in [0.1, 0.15) is 0 Å². The van der Waals surface area contributed by atoms with Crippen LogP contribution < -0.4 is 0 Å². The van der Waals surface area contributed by atoms with Gasteiger partial charge in [-0.25, -0.2) is 0 Å². The van der Waals surface area contributed by atoms with E-state index in [1.807, 2.05) is 0 Å². The molecule has 0 radical (unpaired) electrons. The summed E-state index contributed by atoms with van der Waals surface area (Å²) in [6.07, 6.45) is 6.05. The number of hydrogen-bond acceptors (Lipinski definition) is 2. The van der Waals surface area contributed by atoms with Crippen molar-refractivity contribution >= 4 is 0 Å². The van der Waals surface area contributed by atoms with Gasteiger partial charge in [-0.1, -0.05) is 42.5 Å². The van der Waals surface area contributed by atoms with Crippen LogP contribution in [-0.4, -0.2) is 19.5 Å². The molecule has 4 rings (SSSR count). The zero-order chi connectivity index (χ0) is 11.9. The number of ether oxygens (including phenoxy) is 2. The Morgan fingerprint density at radius 2 is 1.61 bits per heavy atom. The lowest BCUT2D eigenvalue weighted by atomic mass is 9.78. The van der Waals surface area contributed by atoms with E-state index < -0.39 is 0 Å². The molecule has 1 aromatic rings. The fourth-order valence-corrected chi connectivity index (χ4v) is 3.98. The van der Waals surface area contributed by atoms with Crippen LogP contribution in [0.2, 0.25) is 0 Å². The van der Waals surface area contributed by atoms with Gasteiger partial charge in [0.05, 0.1) is 13.2 Å². The third kappa shape index (κ3) is 1.56. The average Bonchev–Trinajstić information content (AvgIpc) is 3.15. The van der Waals surface area contributed by atoms with Gasteiger partial charge in [-0.15, -0.1) is 0 Å². The molecule has 0 spiro atoms. The first-order valence-electron chi connectivity index (χ1n) is 6.90. The molecule has 1 saturated carbocycles. The summed E-state index contributed by atoms with van der Waals surface area (Å²) in [7, 11) is 0. The molecule has 0 aromatic heterocycles. The predicted octanol–water partition coefficient (Wildman–Crippen LogP) is 2.97. The number of hydrogen-bond donors (Lipinski definition) is 0. The van der Waals surface area contributed by atoms with Gasteiger partial charge >= 0.3 is 0 Å². The van der Waals surface area contributed by atoms with Gasteiger partial charge in [-0.05, 0) is 29.7 Å². The zero-order valence-corrected chi connectivity index (χ0v) is 10.4. The Morgan fingerprint density at radius 3 is 2.39 bits per heavy atom. The molecule has 2 heteroatoms. The Kier molecular flexibility index (Phi) is 2.52. The Morgan fingerprint density at radius 1 is 0.889 bits per heavy atom. The van der Waals surface area contributed by atoms with Crippen LogP contribution in [0.15, 0.2) is 42.5 Å².